The summed E-state index contributed by atoms with van der Waals surface area (Å²) in [4.78, 5) is 23.6. The van der Waals surface area contributed by atoms with Crippen LogP contribution in [0.3, 0.4) is 0 Å². The predicted octanol–water partition coefficient (Wildman–Crippen LogP) is 3.06. The van der Waals surface area contributed by atoms with Crippen LogP contribution in [0.25, 0.3) is 11.1 Å². The van der Waals surface area contributed by atoms with Crippen LogP contribution in [0.4, 0.5) is 5.82 Å². The SMILES string of the molecule is CCc1noc2ncnc(N3CCCC(C(=O)NCCc4ccc(C)cc4)C3)c12. The van der Waals surface area contributed by atoms with Crippen LogP contribution in [-0.4, -0.2) is 40.7 Å². The van der Waals surface area contributed by atoms with Gasteiger partial charge >= 0.3 is 0 Å². The van der Waals surface area contributed by atoms with Gasteiger partial charge in [-0.1, -0.05) is 41.9 Å². The first kappa shape index (κ1) is 19.4. The smallest absolute Gasteiger partial charge is 0.263 e. The van der Waals surface area contributed by atoms with Crippen molar-refractivity contribution in [2.24, 2.45) is 5.92 Å². The monoisotopic (exact) mass is 393 g/mol. The summed E-state index contributed by atoms with van der Waals surface area (Å²) in [6.45, 7) is 6.29. The third kappa shape index (κ3) is 4.23. The molecule has 2 aromatic heterocycles. The summed E-state index contributed by atoms with van der Waals surface area (Å²) < 4.78 is 5.34. The molecule has 1 N–H and O–H groups in total. The van der Waals surface area contributed by atoms with Crippen molar-refractivity contribution in [1.82, 2.24) is 20.4 Å². The van der Waals surface area contributed by atoms with Crippen molar-refractivity contribution >= 4 is 22.8 Å². The van der Waals surface area contributed by atoms with Crippen molar-refractivity contribution in [3.05, 3.63) is 47.4 Å². The quantitative estimate of drug-likeness (QED) is 0.693. The molecule has 3 heterocycles. The third-order valence-electron chi connectivity index (χ3n) is 5.58. The van der Waals surface area contributed by atoms with Gasteiger partial charge in [0.1, 0.15) is 17.5 Å². The van der Waals surface area contributed by atoms with Gasteiger partial charge in [-0.25, -0.2) is 4.98 Å². The van der Waals surface area contributed by atoms with E-state index >= 15 is 0 Å². The van der Waals surface area contributed by atoms with Gasteiger partial charge in [0.05, 0.1) is 11.6 Å². The molecular weight excluding hydrogens is 366 g/mol. The normalized spacial score (nSPS) is 16.9. The Morgan fingerprint density at radius 1 is 1.28 bits per heavy atom. The summed E-state index contributed by atoms with van der Waals surface area (Å²) >= 11 is 0. The number of nitrogens with one attached hydrogen (secondary N) is 1. The number of rotatable bonds is 6. The van der Waals surface area contributed by atoms with Gasteiger partial charge in [0.15, 0.2) is 0 Å². The largest absolute Gasteiger partial charge is 0.355 e. The molecule has 1 saturated heterocycles. The van der Waals surface area contributed by atoms with Crippen LogP contribution in [-0.2, 0) is 17.6 Å². The Bertz CT molecular complexity index is 983. The topological polar surface area (TPSA) is 84.2 Å². The maximum Gasteiger partial charge on any atom is 0.263 e. The van der Waals surface area contributed by atoms with Gasteiger partial charge in [-0.3, -0.25) is 4.79 Å². The molecule has 0 saturated carbocycles. The number of carbonyl (C=O) groups excluding carboxylic acids is 1. The second kappa shape index (κ2) is 8.59. The molecule has 1 fully saturated rings. The van der Waals surface area contributed by atoms with Gasteiger partial charge in [0.25, 0.3) is 5.71 Å². The highest BCUT2D eigenvalue weighted by Crippen LogP contribution is 2.30. The molecule has 152 valence electrons. The summed E-state index contributed by atoms with van der Waals surface area (Å²) in [6, 6.07) is 8.45. The Morgan fingerprint density at radius 3 is 2.90 bits per heavy atom. The van der Waals surface area contributed by atoms with Crippen molar-refractivity contribution in [3.8, 4) is 0 Å². The van der Waals surface area contributed by atoms with E-state index in [9.17, 15) is 4.79 Å². The first-order chi connectivity index (χ1) is 14.2. The first-order valence-electron chi connectivity index (χ1n) is 10.3. The zero-order valence-electron chi connectivity index (χ0n) is 17.0. The molecule has 0 spiro atoms. The number of hydrogen-bond acceptors (Lipinski definition) is 6. The number of anilines is 1. The van der Waals surface area contributed by atoms with Crippen LogP contribution < -0.4 is 10.2 Å². The highest BCUT2D eigenvalue weighted by Gasteiger charge is 2.28. The second-order valence-electron chi connectivity index (χ2n) is 7.67. The van der Waals surface area contributed by atoms with Crippen LogP contribution in [0, 0.1) is 12.8 Å². The highest BCUT2D eigenvalue weighted by atomic mass is 16.5. The molecule has 3 aromatic rings. The lowest BCUT2D eigenvalue weighted by Crippen LogP contribution is -2.44. The minimum Gasteiger partial charge on any atom is -0.355 e. The van der Waals surface area contributed by atoms with E-state index in [0.29, 0.717) is 18.8 Å². The van der Waals surface area contributed by atoms with Crippen molar-refractivity contribution < 1.29 is 9.32 Å². The number of benzene rings is 1. The van der Waals surface area contributed by atoms with Crippen molar-refractivity contribution in [3.63, 3.8) is 0 Å². The van der Waals surface area contributed by atoms with Gasteiger partial charge < -0.3 is 14.7 Å². The first-order valence-corrected chi connectivity index (χ1v) is 10.3. The van der Waals surface area contributed by atoms with Crippen LogP contribution in [0.15, 0.2) is 35.1 Å². The van der Waals surface area contributed by atoms with Crippen molar-refractivity contribution in [1.29, 1.82) is 0 Å². The van der Waals surface area contributed by atoms with Crippen molar-refractivity contribution in [2.45, 2.75) is 39.5 Å². The zero-order valence-corrected chi connectivity index (χ0v) is 17.0. The maximum absolute atomic E-state index is 12.8. The molecule has 7 nitrogen and oxygen atoms in total. The Morgan fingerprint density at radius 2 is 2.10 bits per heavy atom. The van der Waals surface area contributed by atoms with E-state index in [1.54, 1.807) is 0 Å². The lowest BCUT2D eigenvalue weighted by Gasteiger charge is -2.33. The average molecular weight is 393 g/mol. The molecule has 1 amide bonds. The predicted molar refractivity (Wildman–Crippen MR) is 112 cm³/mol. The van der Waals surface area contributed by atoms with Crippen LogP contribution in [0.1, 0.15) is 36.6 Å². The molecule has 1 aliphatic rings. The summed E-state index contributed by atoms with van der Waals surface area (Å²) in [5.41, 5.74) is 3.86. The van der Waals surface area contributed by atoms with Gasteiger partial charge in [0, 0.05) is 19.6 Å². The molecule has 0 bridgehead atoms. The molecule has 1 aliphatic heterocycles. The Kier molecular flexibility index (Phi) is 5.74. The second-order valence-corrected chi connectivity index (χ2v) is 7.67. The van der Waals surface area contributed by atoms with Crippen LogP contribution in [0.5, 0.6) is 0 Å². The van der Waals surface area contributed by atoms with E-state index in [4.69, 9.17) is 4.52 Å². The summed E-state index contributed by atoms with van der Waals surface area (Å²) in [7, 11) is 0. The molecular formula is C22H27N5O2. The number of aryl methyl sites for hydroxylation is 2. The fraction of sp³-hybridized carbons (Fsp3) is 0.455. The Hall–Kier alpha value is -2.96. The van der Waals surface area contributed by atoms with E-state index in [1.165, 1.54) is 17.5 Å². The molecule has 0 aliphatic carbocycles. The maximum atomic E-state index is 12.8. The molecule has 1 atom stereocenters. The van der Waals surface area contributed by atoms with Gasteiger partial charge in [0.2, 0.25) is 5.91 Å². The third-order valence-corrected chi connectivity index (χ3v) is 5.58. The van der Waals surface area contributed by atoms with E-state index < -0.39 is 0 Å². The fourth-order valence-electron chi connectivity index (χ4n) is 3.92. The molecule has 29 heavy (non-hydrogen) atoms. The molecule has 0 radical (unpaired) electrons. The number of piperidine rings is 1. The van der Waals surface area contributed by atoms with E-state index in [2.05, 4.69) is 56.5 Å². The summed E-state index contributed by atoms with van der Waals surface area (Å²) in [5, 5.41) is 8.10. The molecule has 7 heteroatoms. The summed E-state index contributed by atoms with van der Waals surface area (Å²) in [6.07, 6.45) is 4.95. The number of aromatic nitrogens is 3. The van der Waals surface area contributed by atoms with Gasteiger partial charge in [-0.05, 0) is 38.2 Å². The number of amides is 1. The standard InChI is InChI=1S/C22H27N5O2/c1-3-18-19-20(24-14-25-22(19)29-26-18)27-12-4-5-17(13-27)21(28)23-11-10-16-8-6-15(2)7-9-16/h6-9,14,17H,3-5,10-13H2,1-2H3,(H,23,28). The van der Waals surface area contributed by atoms with Crippen molar-refractivity contribution in [2.75, 3.05) is 24.5 Å². The lowest BCUT2D eigenvalue weighted by atomic mass is 9.96. The molecule has 1 unspecified atom stereocenters. The van der Waals surface area contributed by atoms with Crippen LogP contribution in [0.2, 0.25) is 0 Å². The van der Waals surface area contributed by atoms with Gasteiger partial charge in [-0.2, -0.15) is 4.98 Å². The minimum atomic E-state index is -0.0447. The minimum absolute atomic E-state index is 0.0447. The molecule has 4 rings (SSSR count). The highest BCUT2D eigenvalue weighted by molar-refractivity contribution is 5.88. The zero-order chi connectivity index (χ0) is 20.2. The number of fused-ring (bicyclic) bond motifs is 1. The lowest BCUT2D eigenvalue weighted by molar-refractivity contribution is -0.125. The van der Waals surface area contributed by atoms with Gasteiger partial charge in [-0.15, -0.1) is 0 Å². The fourth-order valence-corrected chi connectivity index (χ4v) is 3.92. The van der Waals surface area contributed by atoms with E-state index in [1.807, 2.05) is 6.92 Å². The van der Waals surface area contributed by atoms with E-state index in [0.717, 1.165) is 49.1 Å². The summed E-state index contributed by atoms with van der Waals surface area (Å²) in [5.74, 6) is 0.898. The average Bonchev–Trinajstić information content (AvgIpc) is 3.18. The number of carbonyl (C=O) groups is 1. The Balaban J connectivity index is 1.40. The number of nitrogens with zero attached hydrogens (tertiary/aromatic N) is 4. The van der Waals surface area contributed by atoms with Crippen LogP contribution >= 0.6 is 0 Å². The number of hydrogen-bond donors (Lipinski definition) is 1. The molecule has 1 aromatic carbocycles. The van der Waals surface area contributed by atoms with E-state index in [-0.39, 0.29) is 11.8 Å². The Labute approximate surface area is 170 Å².